The van der Waals surface area contributed by atoms with Crippen LogP contribution >= 0.6 is 23.2 Å². The van der Waals surface area contributed by atoms with Crippen molar-refractivity contribution in [3.63, 3.8) is 0 Å². The summed E-state index contributed by atoms with van der Waals surface area (Å²) < 4.78 is 35.7. The van der Waals surface area contributed by atoms with E-state index in [9.17, 15) is 14.4 Å². The monoisotopic (exact) mass is 786 g/mol. The van der Waals surface area contributed by atoms with Crippen molar-refractivity contribution in [1.29, 1.82) is 0 Å². The molecular weight excluding hydrogens is 739 g/mol. The molecule has 0 atom stereocenters. The van der Waals surface area contributed by atoms with Crippen LogP contribution in [0.4, 0.5) is 4.79 Å². The quantitative estimate of drug-likeness (QED) is 0.0734. The third kappa shape index (κ3) is 12.9. The average molecular weight is 788 g/mol. The highest BCUT2D eigenvalue weighted by Gasteiger charge is 2.21. The number of carbonyl (C=O) groups excluding carboxylic acids is 1. The van der Waals surface area contributed by atoms with Gasteiger partial charge in [0.2, 0.25) is 0 Å². The predicted octanol–water partition coefficient (Wildman–Crippen LogP) is 7.44. The maximum atomic E-state index is 12.5. The molecule has 0 radical (unpaired) electrons. The number of rotatable bonds is 18. The minimum Gasteiger partial charge on any atom is -0.485 e. The van der Waals surface area contributed by atoms with Crippen LogP contribution in [0.5, 0.6) is 11.5 Å². The number of ether oxygens (including phenoxy) is 6. The second-order valence-electron chi connectivity index (χ2n) is 14.4. The number of aromatic nitrogens is 4. The molecule has 2 aromatic carbocycles. The van der Waals surface area contributed by atoms with Gasteiger partial charge in [-0.1, -0.05) is 71.7 Å². The van der Waals surface area contributed by atoms with E-state index in [4.69, 9.17) is 51.6 Å². The topological polar surface area (TPSA) is 142 Å². The number of hydrogen-bond donors (Lipinski definition) is 0. The maximum Gasteiger partial charge on any atom is 0.508 e. The van der Waals surface area contributed by atoms with Crippen LogP contribution in [-0.2, 0) is 56.5 Å². The third-order valence-electron chi connectivity index (χ3n) is 7.72. The van der Waals surface area contributed by atoms with Gasteiger partial charge in [0.25, 0.3) is 11.1 Å². The van der Waals surface area contributed by atoms with Gasteiger partial charge in [-0.25, -0.2) is 14.2 Å². The van der Waals surface area contributed by atoms with Crippen LogP contribution in [-0.4, -0.2) is 52.1 Å². The van der Waals surface area contributed by atoms with Gasteiger partial charge in [0.05, 0.1) is 63.1 Å². The standard InChI is InChI=1S/C39H48Cl2N4O9/c1-38(2,3)44-35(46)33(40)31(21-42-44)53-25-29-13-9-27(10-14-29)23-49-17-7-19-51-37(48)52-20-8-18-50-24-28-11-15-30(16-12-28)26-54-32-22-43-45(39(4,5)6)36(47)34(32)41/h9-16,21-22H,7-8,17-20,23-26H2,1-6H3. The smallest absolute Gasteiger partial charge is 0.485 e. The lowest BCUT2D eigenvalue weighted by Gasteiger charge is -2.21. The zero-order chi connectivity index (χ0) is 39.3. The number of benzene rings is 2. The molecule has 2 aromatic heterocycles. The molecule has 4 aromatic rings. The minimum absolute atomic E-state index is 0.00226. The lowest BCUT2D eigenvalue weighted by atomic mass is 10.1. The van der Waals surface area contributed by atoms with Gasteiger partial charge in [-0.3, -0.25) is 9.59 Å². The van der Waals surface area contributed by atoms with E-state index in [0.29, 0.717) is 39.3 Å². The molecule has 0 N–H and O–H groups in total. The van der Waals surface area contributed by atoms with Gasteiger partial charge in [0.15, 0.2) is 21.5 Å². The Bertz CT molecular complexity index is 1800. The van der Waals surface area contributed by atoms with Crippen LogP contribution in [0.15, 0.2) is 70.5 Å². The van der Waals surface area contributed by atoms with E-state index < -0.39 is 28.4 Å². The second kappa shape index (κ2) is 19.8. The van der Waals surface area contributed by atoms with Crippen LogP contribution < -0.4 is 20.6 Å². The first kappa shape index (κ1) is 42.3. The Morgan fingerprint density at radius 2 is 0.907 bits per heavy atom. The van der Waals surface area contributed by atoms with Gasteiger partial charge < -0.3 is 28.4 Å². The van der Waals surface area contributed by atoms with E-state index in [2.05, 4.69) is 10.2 Å². The summed E-state index contributed by atoms with van der Waals surface area (Å²) in [4.78, 5) is 36.9. The Balaban J connectivity index is 1.01. The summed E-state index contributed by atoms with van der Waals surface area (Å²) in [6, 6.07) is 15.3. The van der Waals surface area contributed by atoms with Crippen molar-refractivity contribution in [2.75, 3.05) is 26.4 Å². The Labute approximate surface area is 325 Å². The number of nitrogens with zero attached hydrogens (tertiary/aromatic N) is 4. The SMILES string of the molecule is CC(C)(C)n1ncc(OCc2ccc(COCCCOC(=O)OCCCOCc3ccc(COc4cnn(C(C)(C)C)c(=O)c4Cl)cc3)cc2)c(Cl)c1=O. The van der Waals surface area contributed by atoms with Crippen LogP contribution in [0, 0.1) is 0 Å². The molecule has 13 nitrogen and oxygen atoms in total. The van der Waals surface area contributed by atoms with Gasteiger partial charge in [-0.2, -0.15) is 10.2 Å². The molecule has 0 saturated carbocycles. The van der Waals surface area contributed by atoms with Crippen LogP contribution in [0.25, 0.3) is 0 Å². The number of carbonyl (C=O) groups is 1. The van der Waals surface area contributed by atoms with Crippen molar-refractivity contribution in [3.8, 4) is 11.5 Å². The fraction of sp³-hybridized carbons (Fsp3) is 0.462. The summed E-state index contributed by atoms with van der Waals surface area (Å²) in [7, 11) is 0. The molecule has 4 rings (SSSR count). The Morgan fingerprint density at radius 3 is 1.24 bits per heavy atom. The van der Waals surface area contributed by atoms with Gasteiger partial charge in [-0.15, -0.1) is 0 Å². The maximum absolute atomic E-state index is 12.5. The van der Waals surface area contributed by atoms with E-state index in [1.165, 1.54) is 21.8 Å². The number of halogens is 2. The number of hydrogen-bond acceptors (Lipinski definition) is 11. The molecule has 0 fully saturated rings. The summed E-state index contributed by atoms with van der Waals surface area (Å²) in [5.41, 5.74) is 1.94. The summed E-state index contributed by atoms with van der Waals surface area (Å²) in [6.45, 7) is 13.6. The summed E-state index contributed by atoms with van der Waals surface area (Å²) in [5.74, 6) is 0.470. The highest BCUT2D eigenvalue weighted by Crippen LogP contribution is 2.23. The molecule has 0 unspecified atom stereocenters. The van der Waals surface area contributed by atoms with E-state index in [1.807, 2.05) is 90.1 Å². The molecule has 15 heteroatoms. The molecular formula is C39H48Cl2N4O9. The third-order valence-corrected chi connectivity index (χ3v) is 8.42. The molecule has 0 spiro atoms. The fourth-order valence-electron chi connectivity index (χ4n) is 4.83. The first-order valence-electron chi connectivity index (χ1n) is 17.6. The lowest BCUT2D eigenvalue weighted by Crippen LogP contribution is -2.36. The fourth-order valence-corrected chi connectivity index (χ4v) is 5.20. The van der Waals surface area contributed by atoms with E-state index >= 15 is 0 Å². The van der Waals surface area contributed by atoms with Crippen molar-refractivity contribution >= 4 is 29.4 Å². The van der Waals surface area contributed by atoms with Gasteiger partial charge in [0, 0.05) is 12.8 Å². The molecule has 0 aliphatic rings. The largest absolute Gasteiger partial charge is 0.508 e. The van der Waals surface area contributed by atoms with Crippen LogP contribution in [0.2, 0.25) is 10.0 Å². The molecule has 0 aliphatic heterocycles. The molecule has 0 aliphatic carbocycles. The summed E-state index contributed by atoms with van der Waals surface area (Å²) >= 11 is 12.5. The van der Waals surface area contributed by atoms with E-state index in [0.717, 1.165) is 22.3 Å². The van der Waals surface area contributed by atoms with Crippen LogP contribution in [0.1, 0.15) is 76.6 Å². The molecule has 0 amide bonds. The van der Waals surface area contributed by atoms with Crippen molar-refractivity contribution in [2.24, 2.45) is 0 Å². The average Bonchev–Trinajstić information content (AvgIpc) is 3.12. The van der Waals surface area contributed by atoms with Crippen LogP contribution in [0.3, 0.4) is 0 Å². The van der Waals surface area contributed by atoms with Gasteiger partial charge in [-0.05, 0) is 63.8 Å². The molecule has 54 heavy (non-hydrogen) atoms. The molecule has 0 bridgehead atoms. The zero-order valence-corrected chi connectivity index (χ0v) is 33.1. The summed E-state index contributed by atoms with van der Waals surface area (Å²) in [6.07, 6.45) is 3.22. The molecule has 2 heterocycles. The van der Waals surface area contributed by atoms with Crippen molar-refractivity contribution in [2.45, 2.75) is 91.9 Å². The highest BCUT2D eigenvalue weighted by molar-refractivity contribution is 6.32. The Hall–Kier alpha value is -4.43. The Kier molecular flexibility index (Phi) is 15.5. The van der Waals surface area contributed by atoms with Gasteiger partial charge >= 0.3 is 6.16 Å². The van der Waals surface area contributed by atoms with E-state index in [1.54, 1.807) is 0 Å². The minimum atomic E-state index is -0.731. The first-order chi connectivity index (χ1) is 25.6. The highest BCUT2D eigenvalue weighted by atomic mass is 35.5. The molecule has 0 saturated heterocycles. The van der Waals surface area contributed by atoms with Crippen molar-refractivity contribution < 1.29 is 33.2 Å². The lowest BCUT2D eigenvalue weighted by molar-refractivity contribution is 0.0351. The second-order valence-corrected chi connectivity index (χ2v) is 15.1. The van der Waals surface area contributed by atoms with E-state index in [-0.39, 0.29) is 48.0 Å². The molecule has 292 valence electrons. The Morgan fingerprint density at radius 1 is 0.574 bits per heavy atom. The van der Waals surface area contributed by atoms with Crippen molar-refractivity contribution in [3.05, 3.63) is 114 Å². The normalized spacial score (nSPS) is 11.7. The van der Waals surface area contributed by atoms with Gasteiger partial charge in [0.1, 0.15) is 13.2 Å². The van der Waals surface area contributed by atoms with Crippen molar-refractivity contribution in [1.82, 2.24) is 19.6 Å². The zero-order valence-electron chi connectivity index (χ0n) is 31.6. The first-order valence-corrected chi connectivity index (χ1v) is 18.3. The predicted molar refractivity (Wildman–Crippen MR) is 204 cm³/mol. The summed E-state index contributed by atoms with van der Waals surface area (Å²) in [5, 5.41) is 8.35.